The predicted octanol–water partition coefficient (Wildman–Crippen LogP) is 4.05. The van der Waals surface area contributed by atoms with Crippen molar-refractivity contribution in [3.05, 3.63) is 76.4 Å². The van der Waals surface area contributed by atoms with E-state index in [1.807, 2.05) is 37.3 Å². The van der Waals surface area contributed by atoms with Crippen LogP contribution in [0.1, 0.15) is 16.7 Å². The van der Waals surface area contributed by atoms with E-state index in [2.05, 4.69) is 0 Å². The fraction of sp³-hybridized carbons (Fsp3) is 0.125. The molecule has 0 aromatic heterocycles. The topological polar surface area (TPSA) is 17.1 Å². The Labute approximate surface area is 115 Å². The molecule has 0 radical (unpaired) electrons. The van der Waals surface area contributed by atoms with Gasteiger partial charge in [-0.1, -0.05) is 42.0 Å². The highest BCUT2D eigenvalue weighted by molar-refractivity contribution is 7.87. The van der Waals surface area contributed by atoms with Crippen LogP contribution in [0.3, 0.4) is 0 Å². The average Bonchev–Trinajstić information content (AvgIpc) is 2.41. The Hall–Kier alpha value is -1.74. The molecule has 2 aromatic rings. The van der Waals surface area contributed by atoms with Crippen LogP contribution in [-0.4, -0.2) is 4.21 Å². The lowest BCUT2D eigenvalue weighted by Gasteiger charge is -1.98. The van der Waals surface area contributed by atoms with Gasteiger partial charge in [-0.2, -0.15) is 0 Å². The van der Waals surface area contributed by atoms with Crippen molar-refractivity contribution in [3.8, 4) is 0 Å². The first-order valence-electron chi connectivity index (χ1n) is 6.00. The summed E-state index contributed by atoms with van der Waals surface area (Å²) in [6, 6.07) is 14.1. The van der Waals surface area contributed by atoms with Gasteiger partial charge in [0, 0.05) is 5.41 Å². The number of halogens is 1. The van der Waals surface area contributed by atoms with E-state index < -0.39 is 10.8 Å². The number of rotatable bonds is 4. The minimum absolute atomic E-state index is 0.273. The molecule has 0 saturated heterocycles. The first-order chi connectivity index (χ1) is 9.13. The van der Waals surface area contributed by atoms with Crippen molar-refractivity contribution >= 4 is 16.9 Å². The normalized spacial score (nSPS) is 12.7. The molecule has 0 aliphatic carbocycles. The summed E-state index contributed by atoms with van der Waals surface area (Å²) in [5.74, 6) is 0.132. The summed E-state index contributed by atoms with van der Waals surface area (Å²) in [5.41, 5.74) is 3.09. The number of hydrogen-bond acceptors (Lipinski definition) is 1. The van der Waals surface area contributed by atoms with Gasteiger partial charge in [-0.05, 0) is 36.3 Å². The zero-order valence-corrected chi connectivity index (χ0v) is 11.5. The number of benzene rings is 2. The van der Waals surface area contributed by atoms with Crippen LogP contribution in [-0.2, 0) is 16.6 Å². The summed E-state index contributed by atoms with van der Waals surface area (Å²) in [6.45, 7) is 2.03. The summed E-state index contributed by atoms with van der Waals surface area (Å²) < 4.78 is 24.6. The summed E-state index contributed by atoms with van der Waals surface area (Å²) in [7, 11) is -1.09. The fourth-order valence-corrected chi connectivity index (χ4v) is 2.55. The van der Waals surface area contributed by atoms with Crippen molar-refractivity contribution in [3.63, 3.8) is 0 Å². The Morgan fingerprint density at radius 3 is 2.32 bits per heavy atom. The van der Waals surface area contributed by atoms with E-state index >= 15 is 0 Å². The maximum Gasteiger partial charge on any atom is 0.123 e. The van der Waals surface area contributed by atoms with E-state index in [1.165, 1.54) is 17.7 Å². The lowest BCUT2D eigenvalue weighted by atomic mass is 10.2. The fourth-order valence-electron chi connectivity index (χ4n) is 1.63. The SMILES string of the molecule is Cc1ccc(/C=C\S(=O)Cc2ccc(F)cc2)cc1. The molecule has 0 N–H and O–H groups in total. The number of hydrogen-bond donors (Lipinski definition) is 0. The average molecular weight is 274 g/mol. The van der Waals surface area contributed by atoms with E-state index in [-0.39, 0.29) is 5.82 Å². The second kappa shape index (κ2) is 6.43. The van der Waals surface area contributed by atoms with E-state index in [0.717, 1.165) is 11.1 Å². The quantitative estimate of drug-likeness (QED) is 0.822. The van der Waals surface area contributed by atoms with Crippen LogP contribution in [0.2, 0.25) is 0 Å². The van der Waals surface area contributed by atoms with Gasteiger partial charge >= 0.3 is 0 Å². The van der Waals surface area contributed by atoms with Crippen LogP contribution >= 0.6 is 0 Å². The van der Waals surface area contributed by atoms with Crippen molar-refractivity contribution in [1.82, 2.24) is 0 Å². The molecule has 19 heavy (non-hydrogen) atoms. The maximum atomic E-state index is 12.7. The van der Waals surface area contributed by atoms with Crippen LogP contribution in [0.4, 0.5) is 4.39 Å². The first kappa shape index (κ1) is 13.7. The highest BCUT2D eigenvalue weighted by Gasteiger charge is 1.98. The smallest absolute Gasteiger partial charge is 0.123 e. The standard InChI is InChI=1S/C16H15FOS/c1-13-2-4-14(5-3-13)10-11-19(18)12-15-6-8-16(17)9-7-15/h2-11H,12H2,1H3/b11-10-. The molecule has 0 heterocycles. The Morgan fingerprint density at radius 1 is 1.05 bits per heavy atom. The predicted molar refractivity (Wildman–Crippen MR) is 78.5 cm³/mol. The third-order valence-corrected chi connectivity index (χ3v) is 3.77. The summed E-state index contributed by atoms with van der Waals surface area (Å²) in [5, 5.41) is 1.67. The number of aryl methyl sites for hydroxylation is 1. The summed E-state index contributed by atoms with van der Waals surface area (Å²) in [6.07, 6.45) is 1.85. The molecule has 2 aromatic carbocycles. The molecule has 2 rings (SSSR count). The van der Waals surface area contributed by atoms with Gasteiger partial charge in [-0.15, -0.1) is 0 Å². The van der Waals surface area contributed by atoms with Gasteiger partial charge in [0.2, 0.25) is 0 Å². The van der Waals surface area contributed by atoms with E-state index in [9.17, 15) is 8.60 Å². The zero-order valence-electron chi connectivity index (χ0n) is 10.7. The van der Waals surface area contributed by atoms with Crippen molar-refractivity contribution in [2.75, 3.05) is 0 Å². The largest absolute Gasteiger partial charge is 0.255 e. The van der Waals surface area contributed by atoms with Crippen LogP contribution in [0.25, 0.3) is 6.08 Å². The Balaban J connectivity index is 1.97. The molecular weight excluding hydrogens is 259 g/mol. The second-order valence-electron chi connectivity index (χ2n) is 4.36. The molecule has 0 aliphatic heterocycles. The minimum atomic E-state index is -1.09. The lowest BCUT2D eigenvalue weighted by molar-refractivity contribution is 0.627. The molecule has 0 saturated carbocycles. The third kappa shape index (κ3) is 4.45. The summed E-state index contributed by atoms with van der Waals surface area (Å²) in [4.78, 5) is 0. The highest BCUT2D eigenvalue weighted by Crippen LogP contribution is 2.09. The molecular formula is C16H15FOS. The van der Waals surface area contributed by atoms with E-state index in [0.29, 0.717) is 5.75 Å². The van der Waals surface area contributed by atoms with Gasteiger partial charge in [0.25, 0.3) is 0 Å². The van der Waals surface area contributed by atoms with Gasteiger partial charge in [-0.3, -0.25) is 4.21 Å². The van der Waals surface area contributed by atoms with Gasteiger partial charge in [-0.25, -0.2) is 4.39 Å². The molecule has 0 spiro atoms. The molecule has 98 valence electrons. The molecule has 0 bridgehead atoms. The Kier molecular flexibility index (Phi) is 4.63. The molecule has 3 heteroatoms. The van der Waals surface area contributed by atoms with Crippen molar-refractivity contribution < 1.29 is 8.60 Å². The van der Waals surface area contributed by atoms with Crippen LogP contribution in [0.15, 0.2) is 53.9 Å². The lowest BCUT2D eigenvalue weighted by Crippen LogP contribution is -1.91. The van der Waals surface area contributed by atoms with Gasteiger partial charge < -0.3 is 0 Å². The molecule has 0 aliphatic rings. The van der Waals surface area contributed by atoms with Crippen molar-refractivity contribution in [1.29, 1.82) is 0 Å². The summed E-state index contributed by atoms with van der Waals surface area (Å²) >= 11 is 0. The van der Waals surface area contributed by atoms with Crippen LogP contribution in [0, 0.1) is 12.7 Å². The molecule has 0 amide bonds. The van der Waals surface area contributed by atoms with Gasteiger partial charge in [0.15, 0.2) is 0 Å². The van der Waals surface area contributed by atoms with Gasteiger partial charge in [0.1, 0.15) is 5.82 Å². The van der Waals surface area contributed by atoms with E-state index in [4.69, 9.17) is 0 Å². The molecule has 1 unspecified atom stereocenters. The third-order valence-electron chi connectivity index (χ3n) is 2.71. The Bertz CT molecular complexity index is 585. The minimum Gasteiger partial charge on any atom is -0.255 e. The van der Waals surface area contributed by atoms with Crippen molar-refractivity contribution in [2.45, 2.75) is 12.7 Å². The van der Waals surface area contributed by atoms with Crippen LogP contribution < -0.4 is 0 Å². The zero-order chi connectivity index (χ0) is 13.7. The highest BCUT2D eigenvalue weighted by atomic mass is 32.2. The maximum absolute atomic E-state index is 12.7. The van der Waals surface area contributed by atoms with Crippen LogP contribution in [0.5, 0.6) is 0 Å². The van der Waals surface area contributed by atoms with Gasteiger partial charge in [0.05, 0.1) is 16.6 Å². The molecule has 1 nitrogen and oxygen atoms in total. The second-order valence-corrected chi connectivity index (χ2v) is 5.69. The van der Waals surface area contributed by atoms with Crippen molar-refractivity contribution in [2.24, 2.45) is 0 Å². The van der Waals surface area contributed by atoms with E-state index in [1.54, 1.807) is 17.5 Å². The molecule has 0 fully saturated rings. The monoisotopic (exact) mass is 274 g/mol. The molecule has 1 atom stereocenters. The Morgan fingerprint density at radius 2 is 1.68 bits per heavy atom. The first-order valence-corrected chi connectivity index (χ1v) is 7.38.